The van der Waals surface area contributed by atoms with Crippen molar-refractivity contribution in [3.63, 3.8) is 0 Å². The number of piperidine rings is 1. The molecule has 0 amide bonds. The van der Waals surface area contributed by atoms with E-state index in [4.69, 9.17) is 0 Å². The predicted molar refractivity (Wildman–Crippen MR) is 67.3 cm³/mol. The van der Waals surface area contributed by atoms with Crippen LogP contribution in [0.4, 0.5) is 11.4 Å². The zero-order valence-electron chi connectivity index (χ0n) is 9.90. The Morgan fingerprint density at radius 1 is 1.41 bits per heavy atom. The minimum absolute atomic E-state index is 0.200. The minimum atomic E-state index is -0.307. The van der Waals surface area contributed by atoms with Crippen LogP contribution in [0.2, 0.25) is 0 Å². The highest BCUT2D eigenvalue weighted by Crippen LogP contribution is 2.29. The first-order valence-corrected chi connectivity index (χ1v) is 5.90. The molecule has 0 aromatic heterocycles. The van der Waals surface area contributed by atoms with Gasteiger partial charge in [-0.3, -0.25) is 10.1 Å². The Bertz CT molecular complexity index is 414. The molecule has 2 rings (SSSR count). The molecule has 5 heteroatoms. The normalized spacial score (nSPS) is 16.8. The van der Waals surface area contributed by atoms with E-state index < -0.39 is 0 Å². The molecule has 17 heavy (non-hydrogen) atoms. The van der Waals surface area contributed by atoms with Crippen molar-refractivity contribution >= 4 is 11.4 Å². The van der Waals surface area contributed by atoms with E-state index in [9.17, 15) is 10.1 Å². The van der Waals surface area contributed by atoms with Gasteiger partial charge < -0.3 is 10.6 Å². The highest BCUT2D eigenvalue weighted by molar-refractivity contribution is 5.65. The van der Waals surface area contributed by atoms with Crippen molar-refractivity contribution < 1.29 is 4.92 Å². The van der Waals surface area contributed by atoms with Crippen LogP contribution >= 0.6 is 0 Å². The lowest BCUT2D eigenvalue weighted by Crippen LogP contribution is -2.35. The standard InChI is InChI=1S/C12H17N3O2/c1-9-3-2-4-11(12(9)15(16)17)14-10-5-7-13-8-6-10/h2-4,10,13-14H,5-8H2,1H3. The molecule has 1 saturated heterocycles. The second kappa shape index (κ2) is 5.14. The van der Waals surface area contributed by atoms with Crippen LogP contribution in [-0.4, -0.2) is 24.1 Å². The topological polar surface area (TPSA) is 67.2 Å². The average molecular weight is 235 g/mol. The Balaban J connectivity index is 2.19. The van der Waals surface area contributed by atoms with Gasteiger partial charge in [0.15, 0.2) is 0 Å². The van der Waals surface area contributed by atoms with Crippen LogP contribution in [0.15, 0.2) is 18.2 Å². The molecule has 92 valence electrons. The number of aryl methyl sites for hydroxylation is 1. The lowest BCUT2D eigenvalue weighted by Gasteiger charge is -2.24. The van der Waals surface area contributed by atoms with Crippen LogP contribution in [0.25, 0.3) is 0 Å². The van der Waals surface area contributed by atoms with E-state index in [0.29, 0.717) is 17.3 Å². The Morgan fingerprint density at radius 2 is 2.12 bits per heavy atom. The van der Waals surface area contributed by atoms with Crippen LogP contribution in [-0.2, 0) is 0 Å². The number of nitro benzene ring substituents is 1. The van der Waals surface area contributed by atoms with Gasteiger partial charge in [-0.15, -0.1) is 0 Å². The molecule has 0 unspecified atom stereocenters. The quantitative estimate of drug-likeness (QED) is 0.621. The van der Waals surface area contributed by atoms with Gasteiger partial charge in [-0.05, 0) is 38.9 Å². The molecule has 0 spiro atoms. The van der Waals surface area contributed by atoms with E-state index in [1.54, 1.807) is 19.1 Å². The fourth-order valence-electron chi connectivity index (χ4n) is 2.20. The van der Waals surface area contributed by atoms with Gasteiger partial charge in [-0.25, -0.2) is 0 Å². The van der Waals surface area contributed by atoms with E-state index in [-0.39, 0.29) is 10.6 Å². The first-order valence-electron chi connectivity index (χ1n) is 5.90. The van der Waals surface area contributed by atoms with Crippen molar-refractivity contribution in [2.75, 3.05) is 18.4 Å². The van der Waals surface area contributed by atoms with E-state index in [0.717, 1.165) is 25.9 Å². The SMILES string of the molecule is Cc1cccc(NC2CCNCC2)c1[N+](=O)[O-]. The van der Waals surface area contributed by atoms with Gasteiger partial charge in [0.25, 0.3) is 5.69 Å². The zero-order chi connectivity index (χ0) is 12.3. The molecular weight excluding hydrogens is 218 g/mol. The molecule has 0 radical (unpaired) electrons. The summed E-state index contributed by atoms with van der Waals surface area (Å²) in [7, 11) is 0. The van der Waals surface area contributed by atoms with Crippen molar-refractivity contribution in [1.29, 1.82) is 0 Å². The second-order valence-corrected chi connectivity index (χ2v) is 4.40. The van der Waals surface area contributed by atoms with Gasteiger partial charge in [0.2, 0.25) is 0 Å². The Morgan fingerprint density at radius 3 is 2.76 bits per heavy atom. The summed E-state index contributed by atoms with van der Waals surface area (Å²) in [6, 6.07) is 5.74. The monoisotopic (exact) mass is 235 g/mol. The third kappa shape index (κ3) is 2.74. The number of anilines is 1. The lowest BCUT2D eigenvalue weighted by atomic mass is 10.1. The summed E-state index contributed by atoms with van der Waals surface area (Å²) in [6.07, 6.45) is 2.01. The maximum Gasteiger partial charge on any atom is 0.295 e. The van der Waals surface area contributed by atoms with Crippen LogP contribution in [0.1, 0.15) is 18.4 Å². The first kappa shape index (κ1) is 11.9. The molecule has 2 N–H and O–H groups in total. The Kier molecular flexibility index (Phi) is 3.58. The molecule has 0 atom stereocenters. The smallest absolute Gasteiger partial charge is 0.295 e. The van der Waals surface area contributed by atoms with Crippen LogP contribution in [0, 0.1) is 17.0 Å². The first-order chi connectivity index (χ1) is 8.18. The van der Waals surface area contributed by atoms with E-state index in [1.807, 2.05) is 6.07 Å². The summed E-state index contributed by atoms with van der Waals surface area (Å²) in [5.74, 6) is 0. The number of para-hydroxylation sites is 1. The van der Waals surface area contributed by atoms with E-state index >= 15 is 0 Å². The maximum atomic E-state index is 11.0. The molecule has 0 saturated carbocycles. The van der Waals surface area contributed by atoms with Crippen molar-refractivity contribution in [3.05, 3.63) is 33.9 Å². The molecule has 1 aliphatic heterocycles. The lowest BCUT2D eigenvalue weighted by molar-refractivity contribution is -0.384. The number of rotatable bonds is 3. The van der Waals surface area contributed by atoms with E-state index in [1.165, 1.54) is 0 Å². The number of nitro groups is 1. The third-order valence-electron chi connectivity index (χ3n) is 3.12. The number of hydrogen-bond acceptors (Lipinski definition) is 4. The summed E-state index contributed by atoms with van der Waals surface area (Å²) in [6.45, 7) is 3.71. The van der Waals surface area contributed by atoms with Gasteiger partial charge in [-0.2, -0.15) is 0 Å². The van der Waals surface area contributed by atoms with Gasteiger partial charge >= 0.3 is 0 Å². The molecule has 1 aliphatic rings. The van der Waals surface area contributed by atoms with Crippen LogP contribution in [0.5, 0.6) is 0 Å². The summed E-state index contributed by atoms with van der Waals surface area (Å²) < 4.78 is 0. The van der Waals surface area contributed by atoms with Crippen LogP contribution < -0.4 is 10.6 Å². The molecule has 1 aromatic carbocycles. The number of benzene rings is 1. The molecule has 5 nitrogen and oxygen atoms in total. The summed E-state index contributed by atoms with van der Waals surface area (Å²) >= 11 is 0. The molecule has 0 aliphatic carbocycles. The fourth-order valence-corrected chi connectivity index (χ4v) is 2.20. The minimum Gasteiger partial charge on any atom is -0.377 e. The predicted octanol–water partition coefficient (Wildman–Crippen LogP) is 2.07. The Hall–Kier alpha value is -1.62. The number of nitrogens with zero attached hydrogens (tertiary/aromatic N) is 1. The van der Waals surface area contributed by atoms with Crippen molar-refractivity contribution in [1.82, 2.24) is 5.32 Å². The molecule has 1 aromatic rings. The number of hydrogen-bond donors (Lipinski definition) is 2. The largest absolute Gasteiger partial charge is 0.377 e. The van der Waals surface area contributed by atoms with Crippen molar-refractivity contribution in [3.8, 4) is 0 Å². The van der Waals surface area contributed by atoms with Gasteiger partial charge in [0.1, 0.15) is 5.69 Å². The third-order valence-corrected chi connectivity index (χ3v) is 3.12. The average Bonchev–Trinajstić information content (AvgIpc) is 2.30. The summed E-state index contributed by atoms with van der Waals surface area (Å²) in [5, 5.41) is 17.6. The van der Waals surface area contributed by atoms with Crippen LogP contribution in [0.3, 0.4) is 0 Å². The van der Waals surface area contributed by atoms with Crippen molar-refractivity contribution in [2.45, 2.75) is 25.8 Å². The van der Waals surface area contributed by atoms with E-state index in [2.05, 4.69) is 10.6 Å². The van der Waals surface area contributed by atoms with Crippen molar-refractivity contribution in [2.24, 2.45) is 0 Å². The second-order valence-electron chi connectivity index (χ2n) is 4.40. The zero-order valence-corrected chi connectivity index (χ0v) is 9.90. The number of nitrogens with one attached hydrogen (secondary N) is 2. The Labute approximate surface area is 100 Å². The van der Waals surface area contributed by atoms with Gasteiger partial charge in [0, 0.05) is 11.6 Å². The highest BCUT2D eigenvalue weighted by Gasteiger charge is 2.20. The highest BCUT2D eigenvalue weighted by atomic mass is 16.6. The molecule has 1 fully saturated rings. The summed E-state index contributed by atoms with van der Waals surface area (Å²) in [4.78, 5) is 10.7. The summed E-state index contributed by atoms with van der Waals surface area (Å²) in [5.41, 5.74) is 1.54. The maximum absolute atomic E-state index is 11.0. The van der Waals surface area contributed by atoms with Gasteiger partial charge in [-0.1, -0.05) is 12.1 Å². The molecular formula is C12H17N3O2. The fraction of sp³-hybridized carbons (Fsp3) is 0.500. The van der Waals surface area contributed by atoms with Gasteiger partial charge in [0.05, 0.1) is 4.92 Å². The molecule has 0 bridgehead atoms. The molecule has 1 heterocycles.